The molecule has 3 nitrogen and oxygen atoms in total. The van der Waals surface area contributed by atoms with Gasteiger partial charge in [-0.2, -0.15) is 0 Å². The van der Waals surface area contributed by atoms with Gasteiger partial charge in [-0.05, 0) is 24.6 Å². The molecule has 0 radical (unpaired) electrons. The predicted molar refractivity (Wildman–Crippen MR) is 54.5 cm³/mol. The average molecular weight is 201 g/mol. The van der Waals surface area contributed by atoms with Crippen LogP contribution in [0, 0.1) is 0 Å². The first-order valence-corrected chi connectivity index (χ1v) is 4.38. The topological polar surface area (TPSA) is 72.3 Å². The van der Waals surface area contributed by atoms with Crippen molar-refractivity contribution in [2.24, 2.45) is 5.73 Å². The number of hydrogen-bond donors (Lipinski definition) is 3. The molecule has 0 saturated carbocycles. The highest BCUT2D eigenvalue weighted by Crippen LogP contribution is 2.25. The maximum atomic E-state index is 9.25. The van der Waals surface area contributed by atoms with Gasteiger partial charge in [0.25, 0.3) is 0 Å². The average Bonchev–Trinajstić information content (AvgIpc) is 2.03. The standard InChI is InChI=1S/C9H13ClN2O/c1-5(13)9(12)7-3-2-6(11)4-8(7)10/h2-5,9,13H,11-12H2,1H3/t5-,9+/m1/s1. The molecule has 0 aliphatic rings. The van der Waals surface area contributed by atoms with E-state index in [0.717, 1.165) is 0 Å². The fourth-order valence-corrected chi connectivity index (χ4v) is 1.39. The van der Waals surface area contributed by atoms with Gasteiger partial charge in [-0.1, -0.05) is 17.7 Å². The quantitative estimate of drug-likeness (QED) is 0.631. The number of rotatable bonds is 2. The van der Waals surface area contributed by atoms with Gasteiger partial charge in [0.15, 0.2) is 0 Å². The van der Waals surface area contributed by atoms with Crippen LogP contribution < -0.4 is 11.5 Å². The Kier molecular flexibility index (Phi) is 3.14. The third-order valence-electron chi connectivity index (χ3n) is 1.90. The van der Waals surface area contributed by atoms with Crippen LogP contribution >= 0.6 is 11.6 Å². The highest BCUT2D eigenvalue weighted by molar-refractivity contribution is 6.31. The van der Waals surface area contributed by atoms with Gasteiger partial charge in [0, 0.05) is 10.7 Å². The molecule has 5 N–H and O–H groups in total. The smallest absolute Gasteiger partial charge is 0.0705 e. The van der Waals surface area contributed by atoms with E-state index in [1.54, 1.807) is 25.1 Å². The van der Waals surface area contributed by atoms with E-state index in [9.17, 15) is 5.11 Å². The van der Waals surface area contributed by atoms with Crippen LogP contribution in [0.4, 0.5) is 5.69 Å². The largest absolute Gasteiger partial charge is 0.399 e. The number of halogens is 1. The molecule has 0 bridgehead atoms. The zero-order valence-corrected chi connectivity index (χ0v) is 8.12. The summed E-state index contributed by atoms with van der Waals surface area (Å²) in [5.41, 5.74) is 12.5. The second-order valence-corrected chi connectivity index (χ2v) is 3.45. The molecule has 1 aromatic rings. The summed E-state index contributed by atoms with van der Waals surface area (Å²) in [6, 6.07) is 4.60. The van der Waals surface area contributed by atoms with Gasteiger partial charge in [-0.3, -0.25) is 0 Å². The van der Waals surface area contributed by atoms with Gasteiger partial charge in [0.05, 0.1) is 12.1 Å². The van der Waals surface area contributed by atoms with E-state index in [1.165, 1.54) is 0 Å². The summed E-state index contributed by atoms with van der Waals surface area (Å²) < 4.78 is 0. The molecular weight excluding hydrogens is 188 g/mol. The summed E-state index contributed by atoms with van der Waals surface area (Å²) in [4.78, 5) is 0. The van der Waals surface area contributed by atoms with Crippen LogP contribution in [0.3, 0.4) is 0 Å². The number of benzene rings is 1. The molecule has 1 rings (SSSR count). The van der Waals surface area contributed by atoms with Crippen molar-refractivity contribution < 1.29 is 5.11 Å². The molecule has 0 fully saturated rings. The number of aliphatic hydroxyl groups is 1. The summed E-state index contributed by atoms with van der Waals surface area (Å²) in [7, 11) is 0. The lowest BCUT2D eigenvalue weighted by atomic mass is 10.0. The summed E-state index contributed by atoms with van der Waals surface area (Å²) >= 11 is 5.90. The molecule has 0 heterocycles. The molecule has 2 atom stereocenters. The first-order chi connectivity index (χ1) is 6.02. The van der Waals surface area contributed by atoms with Crippen molar-refractivity contribution in [1.29, 1.82) is 0 Å². The van der Waals surface area contributed by atoms with Crippen molar-refractivity contribution in [1.82, 2.24) is 0 Å². The van der Waals surface area contributed by atoms with Crippen LogP contribution in [0.25, 0.3) is 0 Å². The molecule has 72 valence electrons. The van der Waals surface area contributed by atoms with Gasteiger partial charge in [0.2, 0.25) is 0 Å². The van der Waals surface area contributed by atoms with E-state index >= 15 is 0 Å². The Labute approximate surface area is 82.3 Å². The highest BCUT2D eigenvalue weighted by Gasteiger charge is 2.14. The third kappa shape index (κ3) is 2.34. The minimum Gasteiger partial charge on any atom is -0.399 e. The molecule has 0 saturated heterocycles. The van der Waals surface area contributed by atoms with Crippen LogP contribution in [0.15, 0.2) is 18.2 Å². The molecule has 0 aliphatic carbocycles. The van der Waals surface area contributed by atoms with Gasteiger partial charge in [-0.25, -0.2) is 0 Å². The molecule has 0 spiro atoms. The summed E-state index contributed by atoms with van der Waals surface area (Å²) in [6.45, 7) is 1.62. The summed E-state index contributed by atoms with van der Waals surface area (Å²) in [6.07, 6.45) is -0.624. The highest BCUT2D eigenvalue weighted by atomic mass is 35.5. The number of nitrogen functional groups attached to an aromatic ring is 1. The third-order valence-corrected chi connectivity index (χ3v) is 2.23. The van der Waals surface area contributed by atoms with Gasteiger partial charge in [-0.15, -0.1) is 0 Å². The minimum atomic E-state index is -0.624. The zero-order chi connectivity index (χ0) is 10.0. The van der Waals surface area contributed by atoms with E-state index in [2.05, 4.69) is 0 Å². The predicted octanol–water partition coefficient (Wildman–Crippen LogP) is 1.30. The van der Waals surface area contributed by atoms with Crippen molar-refractivity contribution in [3.8, 4) is 0 Å². The molecule has 0 unspecified atom stereocenters. The Hall–Kier alpha value is -0.770. The van der Waals surface area contributed by atoms with Crippen molar-refractivity contribution in [2.45, 2.75) is 19.1 Å². The van der Waals surface area contributed by atoms with Crippen molar-refractivity contribution in [3.05, 3.63) is 28.8 Å². The Balaban J connectivity index is 3.01. The van der Waals surface area contributed by atoms with E-state index in [-0.39, 0.29) is 0 Å². The lowest BCUT2D eigenvalue weighted by molar-refractivity contribution is 0.164. The summed E-state index contributed by atoms with van der Waals surface area (Å²) in [5, 5.41) is 9.75. The summed E-state index contributed by atoms with van der Waals surface area (Å²) in [5.74, 6) is 0. The van der Waals surface area contributed by atoms with Gasteiger partial charge in [0.1, 0.15) is 0 Å². The second-order valence-electron chi connectivity index (χ2n) is 3.05. The molecule has 0 aliphatic heterocycles. The molecule has 13 heavy (non-hydrogen) atoms. The molecular formula is C9H13ClN2O. The van der Waals surface area contributed by atoms with Crippen molar-refractivity contribution >= 4 is 17.3 Å². The maximum Gasteiger partial charge on any atom is 0.0705 e. The minimum absolute atomic E-state index is 0.465. The van der Waals surface area contributed by atoms with Gasteiger partial charge < -0.3 is 16.6 Å². The lowest BCUT2D eigenvalue weighted by Gasteiger charge is -2.16. The number of anilines is 1. The van der Waals surface area contributed by atoms with Crippen molar-refractivity contribution in [3.63, 3.8) is 0 Å². The fraction of sp³-hybridized carbons (Fsp3) is 0.333. The molecule has 1 aromatic carbocycles. The first-order valence-electron chi connectivity index (χ1n) is 4.01. The van der Waals surface area contributed by atoms with Crippen LogP contribution in [0.1, 0.15) is 18.5 Å². The van der Waals surface area contributed by atoms with E-state index in [1.807, 2.05) is 0 Å². The zero-order valence-electron chi connectivity index (χ0n) is 7.37. The molecule has 0 aromatic heterocycles. The van der Waals surface area contributed by atoms with Gasteiger partial charge >= 0.3 is 0 Å². The monoisotopic (exact) mass is 200 g/mol. The number of nitrogens with two attached hydrogens (primary N) is 2. The Morgan fingerprint density at radius 1 is 1.46 bits per heavy atom. The fourth-order valence-electron chi connectivity index (χ4n) is 1.07. The maximum absolute atomic E-state index is 9.25. The van der Waals surface area contributed by atoms with Crippen LogP contribution in [0.5, 0.6) is 0 Å². The normalized spacial score (nSPS) is 15.4. The Morgan fingerprint density at radius 2 is 2.08 bits per heavy atom. The van der Waals surface area contributed by atoms with E-state index in [4.69, 9.17) is 23.1 Å². The Morgan fingerprint density at radius 3 is 2.54 bits per heavy atom. The van der Waals surface area contributed by atoms with Crippen LogP contribution in [-0.2, 0) is 0 Å². The van der Waals surface area contributed by atoms with Crippen molar-refractivity contribution in [2.75, 3.05) is 5.73 Å². The number of aliphatic hydroxyl groups excluding tert-OH is 1. The van der Waals surface area contributed by atoms with E-state index in [0.29, 0.717) is 16.3 Å². The van der Waals surface area contributed by atoms with Crippen LogP contribution in [0.2, 0.25) is 5.02 Å². The second kappa shape index (κ2) is 3.96. The van der Waals surface area contributed by atoms with E-state index < -0.39 is 12.1 Å². The Bertz CT molecular complexity index is 302. The molecule has 4 heteroatoms. The number of hydrogen-bond acceptors (Lipinski definition) is 3. The lowest BCUT2D eigenvalue weighted by Crippen LogP contribution is -2.23. The first kappa shape index (κ1) is 10.3. The van der Waals surface area contributed by atoms with Crippen LogP contribution in [-0.4, -0.2) is 11.2 Å². The molecule has 0 amide bonds. The SMILES string of the molecule is C[C@@H](O)[C@H](N)c1ccc(N)cc1Cl.